The van der Waals surface area contributed by atoms with Gasteiger partial charge in [-0.1, -0.05) is 0 Å². The number of pyridine rings is 1. The van der Waals surface area contributed by atoms with Crippen molar-refractivity contribution < 1.29 is 14.7 Å². The number of carboxylic acid groups (broad SMARTS) is 1. The van der Waals surface area contributed by atoms with Gasteiger partial charge < -0.3 is 10.4 Å². The van der Waals surface area contributed by atoms with Crippen LogP contribution in [0.1, 0.15) is 37.2 Å². The Kier molecular flexibility index (Phi) is 4.09. The molecule has 1 amide bonds. The van der Waals surface area contributed by atoms with E-state index in [1.54, 1.807) is 6.92 Å². The maximum Gasteiger partial charge on any atom is 0.337 e. The second kappa shape index (κ2) is 5.79. The summed E-state index contributed by atoms with van der Waals surface area (Å²) in [6, 6.07) is 2.78. The van der Waals surface area contributed by atoms with Crippen molar-refractivity contribution in [1.29, 1.82) is 0 Å². The quantitative estimate of drug-likeness (QED) is 0.895. The van der Waals surface area contributed by atoms with Gasteiger partial charge in [-0.15, -0.1) is 11.3 Å². The number of carbonyl (C=O) groups is 2. The molecule has 0 aliphatic carbocycles. The molecule has 20 heavy (non-hydrogen) atoms. The number of carbonyl (C=O) groups excluding carboxylic acids is 1. The third-order valence-electron chi connectivity index (χ3n) is 2.65. The molecular weight excluding hydrogens is 278 g/mol. The molecule has 0 fully saturated rings. The summed E-state index contributed by atoms with van der Waals surface area (Å²) in [6.07, 6.45) is 0. The molecule has 104 valence electrons. The minimum absolute atomic E-state index is 0.0941. The highest BCUT2D eigenvalue weighted by Crippen LogP contribution is 2.09. The van der Waals surface area contributed by atoms with Crippen LogP contribution in [0.4, 0.5) is 0 Å². The second-order valence-corrected chi connectivity index (χ2v) is 5.24. The van der Waals surface area contributed by atoms with E-state index in [1.807, 2.05) is 12.3 Å². The minimum atomic E-state index is -1.06. The number of nitrogens with zero attached hydrogens (tertiary/aromatic N) is 2. The summed E-state index contributed by atoms with van der Waals surface area (Å²) in [6.45, 7) is 3.78. The molecule has 2 rings (SSSR count). The van der Waals surface area contributed by atoms with E-state index in [-0.39, 0.29) is 17.2 Å². The van der Waals surface area contributed by atoms with Gasteiger partial charge in [0.25, 0.3) is 5.91 Å². The number of aryl methyl sites for hydroxylation is 2. The number of carboxylic acids is 1. The number of rotatable bonds is 4. The Morgan fingerprint density at radius 3 is 2.60 bits per heavy atom. The molecule has 6 nitrogen and oxygen atoms in total. The van der Waals surface area contributed by atoms with Gasteiger partial charge in [0, 0.05) is 5.38 Å². The van der Waals surface area contributed by atoms with Gasteiger partial charge in [-0.2, -0.15) is 0 Å². The van der Waals surface area contributed by atoms with Gasteiger partial charge in [0.1, 0.15) is 5.69 Å². The van der Waals surface area contributed by atoms with Crippen molar-refractivity contribution >= 4 is 23.2 Å². The van der Waals surface area contributed by atoms with E-state index in [4.69, 9.17) is 5.11 Å². The first-order chi connectivity index (χ1) is 9.47. The predicted octanol–water partition coefficient (Wildman–Crippen LogP) is 1.78. The fourth-order valence-corrected chi connectivity index (χ4v) is 2.28. The van der Waals surface area contributed by atoms with Crippen LogP contribution in [0.15, 0.2) is 17.5 Å². The molecule has 2 aromatic heterocycles. The van der Waals surface area contributed by atoms with Crippen LogP contribution in [0.5, 0.6) is 0 Å². The molecular formula is C13H13N3O3S. The van der Waals surface area contributed by atoms with Crippen molar-refractivity contribution in [1.82, 2.24) is 15.3 Å². The van der Waals surface area contributed by atoms with Crippen LogP contribution in [0.3, 0.4) is 0 Å². The molecule has 0 unspecified atom stereocenters. The summed E-state index contributed by atoms with van der Waals surface area (Å²) in [5.74, 6) is -1.41. The van der Waals surface area contributed by atoms with Gasteiger partial charge in [-0.25, -0.2) is 14.8 Å². The van der Waals surface area contributed by atoms with E-state index in [0.29, 0.717) is 12.2 Å². The molecule has 2 heterocycles. The van der Waals surface area contributed by atoms with Gasteiger partial charge in [-0.05, 0) is 26.0 Å². The molecule has 0 atom stereocenters. The Hall–Kier alpha value is -2.28. The fraction of sp³-hybridized carbons (Fsp3) is 0.231. The Balaban J connectivity index is 2.06. The van der Waals surface area contributed by atoms with Crippen LogP contribution in [-0.4, -0.2) is 27.0 Å². The van der Waals surface area contributed by atoms with Crippen LogP contribution in [0.2, 0.25) is 0 Å². The molecule has 0 saturated heterocycles. The molecule has 0 aliphatic rings. The highest BCUT2D eigenvalue weighted by Gasteiger charge is 2.13. The highest BCUT2D eigenvalue weighted by molar-refractivity contribution is 7.09. The van der Waals surface area contributed by atoms with E-state index in [9.17, 15) is 9.59 Å². The van der Waals surface area contributed by atoms with Crippen LogP contribution in [0.25, 0.3) is 0 Å². The molecule has 0 spiro atoms. The summed E-state index contributed by atoms with van der Waals surface area (Å²) in [7, 11) is 0. The summed E-state index contributed by atoms with van der Waals surface area (Å²) < 4.78 is 0. The first-order valence-corrected chi connectivity index (χ1v) is 6.75. The SMILES string of the molecule is Cc1nc(CNC(=O)c2ccc(C(=O)O)c(C)n2)cs1. The van der Waals surface area contributed by atoms with E-state index in [1.165, 1.54) is 23.5 Å². The van der Waals surface area contributed by atoms with Crippen molar-refractivity contribution in [3.8, 4) is 0 Å². The number of hydrogen-bond acceptors (Lipinski definition) is 5. The molecule has 2 aromatic rings. The van der Waals surface area contributed by atoms with E-state index < -0.39 is 5.97 Å². The number of aromatic nitrogens is 2. The second-order valence-electron chi connectivity index (χ2n) is 4.18. The normalized spacial score (nSPS) is 10.3. The minimum Gasteiger partial charge on any atom is -0.478 e. The molecule has 0 aliphatic heterocycles. The van der Waals surface area contributed by atoms with Gasteiger partial charge in [-0.3, -0.25) is 4.79 Å². The number of thiazole rings is 1. The molecule has 7 heteroatoms. The predicted molar refractivity (Wildman–Crippen MR) is 74.0 cm³/mol. The van der Waals surface area contributed by atoms with Crippen molar-refractivity contribution in [3.63, 3.8) is 0 Å². The topological polar surface area (TPSA) is 92.2 Å². The maximum absolute atomic E-state index is 11.9. The van der Waals surface area contributed by atoms with Crippen LogP contribution in [-0.2, 0) is 6.54 Å². The summed E-state index contributed by atoms with van der Waals surface area (Å²) in [5, 5.41) is 14.4. The van der Waals surface area contributed by atoms with Crippen molar-refractivity contribution in [2.45, 2.75) is 20.4 Å². The molecule has 2 N–H and O–H groups in total. The van der Waals surface area contributed by atoms with E-state index in [2.05, 4.69) is 15.3 Å². The van der Waals surface area contributed by atoms with Crippen LogP contribution < -0.4 is 5.32 Å². The largest absolute Gasteiger partial charge is 0.478 e. The van der Waals surface area contributed by atoms with Crippen LogP contribution >= 0.6 is 11.3 Å². The Morgan fingerprint density at radius 1 is 1.30 bits per heavy atom. The van der Waals surface area contributed by atoms with E-state index >= 15 is 0 Å². The van der Waals surface area contributed by atoms with Crippen LogP contribution in [0, 0.1) is 13.8 Å². The zero-order valence-corrected chi connectivity index (χ0v) is 11.8. The highest BCUT2D eigenvalue weighted by atomic mass is 32.1. The molecule has 0 radical (unpaired) electrons. The first kappa shape index (κ1) is 14.1. The number of nitrogens with one attached hydrogen (secondary N) is 1. The van der Waals surface area contributed by atoms with E-state index in [0.717, 1.165) is 10.7 Å². The lowest BCUT2D eigenvalue weighted by Gasteiger charge is -2.05. The van der Waals surface area contributed by atoms with Gasteiger partial charge >= 0.3 is 5.97 Å². The number of aromatic carboxylic acids is 1. The standard InChI is InChI=1S/C13H13N3O3S/c1-7-10(13(18)19)3-4-11(15-7)12(17)14-5-9-6-20-8(2)16-9/h3-4,6H,5H2,1-2H3,(H,14,17)(H,18,19). The zero-order chi connectivity index (χ0) is 14.7. The molecule has 0 aromatic carbocycles. The fourth-order valence-electron chi connectivity index (χ4n) is 1.66. The lowest BCUT2D eigenvalue weighted by Crippen LogP contribution is -2.24. The molecule has 0 saturated carbocycles. The Morgan fingerprint density at radius 2 is 2.05 bits per heavy atom. The van der Waals surface area contributed by atoms with Crippen molar-refractivity contribution in [3.05, 3.63) is 45.2 Å². The Labute approximate surface area is 119 Å². The van der Waals surface area contributed by atoms with Gasteiger partial charge in [0.15, 0.2) is 0 Å². The summed E-state index contributed by atoms with van der Waals surface area (Å²) in [4.78, 5) is 31.0. The smallest absolute Gasteiger partial charge is 0.337 e. The third-order valence-corrected chi connectivity index (χ3v) is 3.47. The number of amides is 1. The zero-order valence-electron chi connectivity index (χ0n) is 11.0. The summed E-state index contributed by atoms with van der Waals surface area (Å²) in [5.41, 5.74) is 1.39. The summed E-state index contributed by atoms with van der Waals surface area (Å²) >= 11 is 1.52. The first-order valence-electron chi connectivity index (χ1n) is 5.87. The molecule has 0 bridgehead atoms. The lowest BCUT2D eigenvalue weighted by atomic mass is 10.2. The number of hydrogen-bond donors (Lipinski definition) is 2. The Bertz CT molecular complexity index is 667. The maximum atomic E-state index is 11.9. The third kappa shape index (κ3) is 3.18. The van der Waals surface area contributed by atoms with Gasteiger partial charge in [0.05, 0.1) is 28.5 Å². The van der Waals surface area contributed by atoms with Crippen molar-refractivity contribution in [2.24, 2.45) is 0 Å². The lowest BCUT2D eigenvalue weighted by molar-refractivity contribution is 0.0694. The van der Waals surface area contributed by atoms with Gasteiger partial charge in [0.2, 0.25) is 0 Å². The average molecular weight is 291 g/mol. The average Bonchev–Trinajstić information content (AvgIpc) is 2.81. The van der Waals surface area contributed by atoms with Crippen molar-refractivity contribution in [2.75, 3.05) is 0 Å². The monoisotopic (exact) mass is 291 g/mol.